The van der Waals surface area contributed by atoms with Crippen LogP contribution in [0, 0.1) is 6.92 Å². The van der Waals surface area contributed by atoms with Gasteiger partial charge in [-0.1, -0.05) is 29.8 Å². The fraction of sp³-hybridized carbons (Fsp3) is 0.348. The summed E-state index contributed by atoms with van der Waals surface area (Å²) in [5.74, 6) is 0.0149. The Morgan fingerprint density at radius 3 is 2.55 bits per heavy atom. The Labute approximate surface area is 170 Å². The summed E-state index contributed by atoms with van der Waals surface area (Å²) in [6.45, 7) is 3.28. The van der Waals surface area contributed by atoms with E-state index in [9.17, 15) is 14.4 Å². The van der Waals surface area contributed by atoms with E-state index in [4.69, 9.17) is 0 Å². The molecule has 29 heavy (non-hydrogen) atoms. The molecule has 2 aliphatic heterocycles. The van der Waals surface area contributed by atoms with Crippen molar-refractivity contribution in [3.8, 4) is 0 Å². The standard InChI is InChI=1S/C23H25N3O3/c1-15-2-5-17(6-3-15)23(29)26-10-8-19(9-11-26)24-21(27)13-16-4-7-18-14-22(28)25-20(18)12-16/h2-7,12,19H,8-11,13-14H2,1H3,(H,24,27)(H,25,28). The number of carbonyl (C=O) groups is 3. The second-order valence-electron chi connectivity index (χ2n) is 7.89. The molecule has 0 saturated carbocycles. The Morgan fingerprint density at radius 2 is 1.83 bits per heavy atom. The summed E-state index contributed by atoms with van der Waals surface area (Å²) in [6.07, 6.45) is 2.19. The monoisotopic (exact) mass is 391 g/mol. The molecule has 1 saturated heterocycles. The van der Waals surface area contributed by atoms with Gasteiger partial charge in [0.25, 0.3) is 5.91 Å². The van der Waals surface area contributed by atoms with Crippen molar-refractivity contribution in [3.05, 3.63) is 64.7 Å². The molecular formula is C23H25N3O3. The minimum atomic E-state index is -0.0300. The number of piperidine rings is 1. The first-order chi connectivity index (χ1) is 14.0. The van der Waals surface area contributed by atoms with Crippen molar-refractivity contribution in [1.82, 2.24) is 10.2 Å². The van der Waals surface area contributed by atoms with E-state index in [-0.39, 0.29) is 30.2 Å². The quantitative estimate of drug-likeness (QED) is 0.840. The Hall–Kier alpha value is -3.15. The van der Waals surface area contributed by atoms with Gasteiger partial charge < -0.3 is 15.5 Å². The lowest BCUT2D eigenvalue weighted by Crippen LogP contribution is -2.46. The van der Waals surface area contributed by atoms with Crippen molar-refractivity contribution in [2.24, 2.45) is 0 Å². The molecule has 1 fully saturated rings. The average Bonchev–Trinajstić information content (AvgIpc) is 3.08. The number of anilines is 1. The number of benzene rings is 2. The number of nitrogens with zero attached hydrogens (tertiary/aromatic N) is 1. The van der Waals surface area contributed by atoms with E-state index in [1.165, 1.54) is 0 Å². The lowest BCUT2D eigenvalue weighted by Gasteiger charge is -2.32. The van der Waals surface area contributed by atoms with E-state index in [0.717, 1.165) is 35.2 Å². The van der Waals surface area contributed by atoms with Crippen molar-refractivity contribution in [1.29, 1.82) is 0 Å². The highest BCUT2D eigenvalue weighted by Crippen LogP contribution is 2.24. The van der Waals surface area contributed by atoms with Gasteiger partial charge in [-0.3, -0.25) is 14.4 Å². The number of carbonyl (C=O) groups excluding carboxylic acids is 3. The zero-order valence-corrected chi connectivity index (χ0v) is 16.5. The molecule has 0 spiro atoms. The van der Waals surface area contributed by atoms with Gasteiger partial charge in [0, 0.05) is 30.4 Å². The first kappa shape index (κ1) is 19.2. The first-order valence-electron chi connectivity index (χ1n) is 10.0. The van der Waals surface area contributed by atoms with Crippen LogP contribution in [0.15, 0.2) is 42.5 Å². The number of amides is 3. The number of fused-ring (bicyclic) bond motifs is 1. The van der Waals surface area contributed by atoms with Gasteiger partial charge in [-0.25, -0.2) is 0 Å². The summed E-state index contributed by atoms with van der Waals surface area (Å²) in [5, 5.41) is 5.90. The van der Waals surface area contributed by atoms with Crippen LogP contribution in [0.4, 0.5) is 5.69 Å². The normalized spacial score (nSPS) is 16.3. The molecule has 0 aliphatic carbocycles. The summed E-state index contributed by atoms with van der Waals surface area (Å²) in [4.78, 5) is 38.4. The number of hydrogen-bond donors (Lipinski definition) is 2. The third-order valence-corrected chi connectivity index (χ3v) is 5.61. The van der Waals surface area contributed by atoms with Crippen LogP contribution in [0.3, 0.4) is 0 Å². The molecule has 150 valence electrons. The number of rotatable bonds is 4. The molecule has 3 amide bonds. The minimum absolute atomic E-state index is 0.00598. The van der Waals surface area contributed by atoms with Gasteiger partial charge >= 0.3 is 0 Å². The highest BCUT2D eigenvalue weighted by Gasteiger charge is 2.25. The molecule has 6 heteroatoms. The van der Waals surface area contributed by atoms with Crippen LogP contribution in [0.1, 0.15) is 39.9 Å². The van der Waals surface area contributed by atoms with E-state index in [0.29, 0.717) is 25.1 Å². The molecule has 0 bridgehead atoms. The van der Waals surface area contributed by atoms with Crippen LogP contribution in [0.5, 0.6) is 0 Å². The van der Waals surface area contributed by atoms with Gasteiger partial charge in [0.1, 0.15) is 0 Å². The van der Waals surface area contributed by atoms with E-state index < -0.39 is 0 Å². The van der Waals surface area contributed by atoms with E-state index in [1.54, 1.807) is 0 Å². The number of hydrogen-bond acceptors (Lipinski definition) is 3. The maximum absolute atomic E-state index is 12.6. The Bertz CT molecular complexity index is 944. The van der Waals surface area contributed by atoms with Gasteiger partial charge in [0.05, 0.1) is 12.8 Å². The fourth-order valence-electron chi connectivity index (χ4n) is 3.94. The summed E-state index contributed by atoms with van der Waals surface area (Å²) in [7, 11) is 0. The summed E-state index contributed by atoms with van der Waals surface area (Å²) >= 11 is 0. The van der Waals surface area contributed by atoms with Crippen molar-refractivity contribution >= 4 is 23.4 Å². The van der Waals surface area contributed by atoms with Gasteiger partial charge in [0.15, 0.2) is 0 Å². The predicted octanol–water partition coefficient (Wildman–Crippen LogP) is 2.45. The van der Waals surface area contributed by atoms with Crippen LogP contribution < -0.4 is 10.6 Å². The Kier molecular flexibility index (Phi) is 5.34. The molecule has 2 aromatic rings. The molecule has 4 rings (SSSR count). The Balaban J connectivity index is 1.27. The largest absolute Gasteiger partial charge is 0.353 e. The molecule has 0 radical (unpaired) electrons. The van der Waals surface area contributed by atoms with Crippen molar-refractivity contribution < 1.29 is 14.4 Å². The number of likely N-dealkylation sites (tertiary alicyclic amines) is 1. The molecule has 2 aliphatic rings. The maximum Gasteiger partial charge on any atom is 0.253 e. The third-order valence-electron chi connectivity index (χ3n) is 5.61. The zero-order valence-electron chi connectivity index (χ0n) is 16.5. The summed E-state index contributed by atoms with van der Waals surface area (Å²) in [5.41, 5.74) is 4.51. The van der Waals surface area contributed by atoms with E-state index in [1.807, 2.05) is 54.3 Å². The number of aryl methyl sites for hydroxylation is 1. The summed E-state index contributed by atoms with van der Waals surface area (Å²) < 4.78 is 0. The second kappa shape index (κ2) is 8.07. The fourth-order valence-corrected chi connectivity index (χ4v) is 3.94. The molecule has 0 unspecified atom stereocenters. The molecule has 0 atom stereocenters. The van der Waals surface area contributed by atoms with E-state index in [2.05, 4.69) is 10.6 Å². The van der Waals surface area contributed by atoms with Crippen LogP contribution >= 0.6 is 0 Å². The van der Waals surface area contributed by atoms with Crippen molar-refractivity contribution in [2.45, 2.75) is 38.6 Å². The third kappa shape index (κ3) is 4.47. The average molecular weight is 391 g/mol. The van der Waals surface area contributed by atoms with Crippen LogP contribution in [-0.4, -0.2) is 41.8 Å². The van der Waals surface area contributed by atoms with Gasteiger partial charge in [-0.05, 0) is 49.1 Å². The highest BCUT2D eigenvalue weighted by atomic mass is 16.2. The zero-order chi connectivity index (χ0) is 20.4. The van der Waals surface area contributed by atoms with Crippen molar-refractivity contribution in [2.75, 3.05) is 18.4 Å². The topological polar surface area (TPSA) is 78.5 Å². The molecule has 0 aromatic heterocycles. The van der Waals surface area contributed by atoms with Crippen molar-refractivity contribution in [3.63, 3.8) is 0 Å². The molecule has 6 nitrogen and oxygen atoms in total. The smallest absolute Gasteiger partial charge is 0.253 e. The van der Waals surface area contributed by atoms with Crippen LogP contribution in [0.2, 0.25) is 0 Å². The van der Waals surface area contributed by atoms with Gasteiger partial charge in [-0.15, -0.1) is 0 Å². The number of nitrogens with one attached hydrogen (secondary N) is 2. The highest BCUT2D eigenvalue weighted by molar-refractivity contribution is 5.99. The maximum atomic E-state index is 12.6. The molecular weight excluding hydrogens is 366 g/mol. The van der Waals surface area contributed by atoms with Crippen LogP contribution in [-0.2, 0) is 22.4 Å². The van der Waals surface area contributed by atoms with Gasteiger partial charge in [0.2, 0.25) is 11.8 Å². The lowest BCUT2D eigenvalue weighted by molar-refractivity contribution is -0.121. The second-order valence-corrected chi connectivity index (χ2v) is 7.89. The van der Waals surface area contributed by atoms with Gasteiger partial charge in [-0.2, -0.15) is 0 Å². The predicted molar refractivity (Wildman–Crippen MR) is 111 cm³/mol. The SMILES string of the molecule is Cc1ccc(C(=O)N2CCC(NC(=O)Cc3ccc4c(c3)NC(=O)C4)CC2)cc1. The molecule has 2 aromatic carbocycles. The lowest BCUT2D eigenvalue weighted by atomic mass is 10.0. The van der Waals surface area contributed by atoms with Crippen LogP contribution in [0.25, 0.3) is 0 Å². The molecule has 2 heterocycles. The summed E-state index contributed by atoms with van der Waals surface area (Å²) in [6, 6.07) is 13.4. The molecule has 2 N–H and O–H groups in total. The minimum Gasteiger partial charge on any atom is -0.353 e. The van der Waals surface area contributed by atoms with E-state index >= 15 is 0 Å². The Morgan fingerprint density at radius 1 is 1.10 bits per heavy atom. The first-order valence-corrected chi connectivity index (χ1v) is 10.0.